The highest BCUT2D eigenvalue weighted by Gasteiger charge is 2.20. The fourth-order valence-corrected chi connectivity index (χ4v) is 3.73. The molecule has 0 unspecified atom stereocenters. The molecular formula is C17H17N3O2S2. The van der Waals surface area contributed by atoms with Gasteiger partial charge in [-0.2, -0.15) is 0 Å². The first-order valence-electron chi connectivity index (χ1n) is 7.36. The van der Waals surface area contributed by atoms with Crippen LogP contribution in [0.1, 0.15) is 12.5 Å². The summed E-state index contributed by atoms with van der Waals surface area (Å²) in [5.74, 6) is 1.95. The molecule has 0 spiro atoms. The maximum Gasteiger partial charge on any atom is 0.196 e. The van der Waals surface area contributed by atoms with Gasteiger partial charge in [-0.05, 0) is 43.0 Å². The maximum atomic E-state index is 11.4. The third-order valence-electron chi connectivity index (χ3n) is 3.35. The number of methoxy groups -OCH3 is 1. The summed E-state index contributed by atoms with van der Waals surface area (Å²) < 4.78 is 7.49. The average molecular weight is 359 g/mol. The first kappa shape index (κ1) is 16.7. The molecule has 0 aliphatic heterocycles. The number of hydrogen-bond donors (Lipinski definition) is 0. The van der Waals surface area contributed by atoms with Gasteiger partial charge in [-0.1, -0.05) is 23.9 Å². The zero-order valence-electron chi connectivity index (χ0n) is 13.6. The second kappa shape index (κ2) is 7.19. The smallest absolute Gasteiger partial charge is 0.196 e. The lowest BCUT2D eigenvalue weighted by Crippen LogP contribution is -2.04. The first-order valence-corrected chi connectivity index (χ1v) is 9.23. The number of ketones is 1. The zero-order valence-corrected chi connectivity index (χ0v) is 15.3. The molecular weight excluding hydrogens is 342 g/mol. The van der Waals surface area contributed by atoms with E-state index in [1.807, 2.05) is 47.2 Å². The number of carbonyl (C=O) groups is 1. The normalized spacial score (nSPS) is 10.8. The monoisotopic (exact) mass is 359 g/mol. The second-order valence-corrected chi connectivity index (χ2v) is 7.18. The fraction of sp³-hybridized carbons (Fsp3) is 0.235. The van der Waals surface area contributed by atoms with Crippen LogP contribution in [-0.4, -0.2) is 33.4 Å². The molecule has 2 aromatic heterocycles. The summed E-state index contributed by atoms with van der Waals surface area (Å²) in [6.07, 6.45) is 0. The Morgan fingerprint density at radius 3 is 2.83 bits per heavy atom. The Hall–Kier alpha value is -2.12. The first-order chi connectivity index (χ1) is 11.6. The van der Waals surface area contributed by atoms with Crippen LogP contribution in [0.25, 0.3) is 16.4 Å². The molecule has 24 heavy (non-hydrogen) atoms. The van der Waals surface area contributed by atoms with Crippen LogP contribution in [-0.2, 0) is 4.79 Å². The van der Waals surface area contributed by atoms with E-state index >= 15 is 0 Å². The highest BCUT2D eigenvalue weighted by Crippen LogP contribution is 2.34. The summed E-state index contributed by atoms with van der Waals surface area (Å²) in [6.45, 7) is 3.60. The standard InChI is InChI=1S/C17H17N3O2S2/c1-11-6-7-14(22-3)13(9-11)20-16(15-5-4-8-23-15)18-19-17(20)24-10-12(2)21/h4-9H,10H2,1-3H3. The van der Waals surface area contributed by atoms with Gasteiger partial charge in [-0.25, -0.2) is 0 Å². The van der Waals surface area contributed by atoms with Crippen LogP contribution in [0, 0.1) is 6.92 Å². The minimum absolute atomic E-state index is 0.100. The largest absolute Gasteiger partial charge is 0.495 e. The minimum atomic E-state index is 0.100. The van der Waals surface area contributed by atoms with E-state index in [0.717, 1.165) is 27.7 Å². The third-order valence-corrected chi connectivity index (χ3v) is 5.29. The van der Waals surface area contributed by atoms with Crippen molar-refractivity contribution in [2.24, 2.45) is 0 Å². The molecule has 0 saturated heterocycles. The molecule has 1 aromatic carbocycles. The van der Waals surface area contributed by atoms with Crippen molar-refractivity contribution in [3.63, 3.8) is 0 Å². The van der Waals surface area contributed by atoms with Gasteiger partial charge >= 0.3 is 0 Å². The van der Waals surface area contributed by atoms with Crippen molar-refractivity contribution in [1.29, 1.82) is 0 Å². The van der Waals surface area contributed by atoms with Crippen molar-refractivity contribution >= 4 is 28.9 Å². The molecule has 0 atom stereocenters. The van der Waals surface area contributed by atoms with Gasteiger partial charge in [0.15, 0.2) is 11.0 Å². The Bertz CT molecular complexity index is 857. The quantitative estimate of drug-likeness (QED) is 0.623. The van der Waals surface area contributed by atoms with E-state index in [-0.39, 0.29) is 5.78 Å². The van der Waals surface area contributed by atoms with E-state index in [4.69, 9.17) is 4.74 Å². The van der Waals surface area contributed by atoms with Gasteiger partial charge in [-0.15, -0.1) is 21.5 Å². The van der Waals surface area contributed by atoms with Gasteiger partial charge in [0.1, 0.15) is 11.5 Å². The molecule has 0 aliphatic carbocycles. The molecule has 0 N–H and O–H groups in total. The van der Waals surface area contributed by atoms with Gasteiger partial charge < -0.3 is 4.74 Å². The molecule has 124 valence electrons. The highest BCUT2D eigenvalue weighted by molar-refractivity contribution is 7.99. The summed E-state index contributed by atoms with van der Waals surface area (Å²) in [7, 11) is 1.64. The van der Waals surface area contributed by atoms with Gasteiger partial charge in [0, 0.05) is 0 Å². The number of Topliss-reactive ketones (excluding diaryl/α,β-unsaturated/α-hetero) is 1. The van der Waals surface area contributed by atoms with Crippen molar-refractivity contribution in [3.05, 3.63) is 41.3 Å². The van der Waals surface area contributed by atoms with E-state index in [1.165, 1.54) is 11.8 Å². The molecule has 0 radical (unpaired) electrons. The van der Waals surface area contributed by atoms with E-state index in [9.17, 15) is 4.79 Å². The van der Waals surface area contributed by atoms with Crippen LogP contribution in [0.2, 0.25) is 0 Å². The molecule has 3 rings (SSSR count). The molecule has 0 aliphatic rings. The van der Waals surface area contributed by atoms with Crippen LogP contribution in [0.3, 0.4) is 0 Å². The Kier molecular flexibility index (Phi) is 5.01. The summed E-state index contributed by atoms with van der Waals surface area (Å²) in [4.78, 5) is 12.4. The van der Waals surface area contributed by atoms with E-state index in [1.54, 1.807) is 25.4 Å². The number of rotatable bonds is 6. The van der Waals surface area contributed by atoms with E-state index < -0.39 is 0 Å². The molecule has 3 aromatic rings. The van der Waals surface area contributed by atoms with Gasteiger partial charge in [0.2, 0.25) is 0 Å². The van der Waals surface area contributed by atoms with Gasteiger partial charge in [0.05, 0.1) is 23.4 Å². The number of aromatic nitrogens is 3. The molecule has 0 fully saturated rings. The molecule has 0 bridgehead atoms. The van der Waals surface area contributed by atoms with Crippen molar-refractivity contribution < 1.29 is 9.53 Å². The van der Waals surface area contributed by atoms with Crippen LogP contribution < -0.4 is 4.74 Å². The van der Waals surface area contributed by atoms with E-state index in [0.29, 0.717) is 10.9 Å². The maximum absolute atomic E-state index is 11.4. The Labute approximate surface area is 148 Å². The lowest BCUT2D eigenvalue weighted by Gasteiger charge is -2.14. The zero-order chi connectivity index (χ0) is 17.1. The van der Waals surface area contributed by atoms with Crippen molar-refractivity contribution in [2.75, 3.05) is 12.9 Å². The van der Waals surface area contributed by atoms with Gasteiger partial charge in [0.25, 0.3) is 0 Å². The van der Waals surface area contributed by atoms with Crippen molar-refractivity contribution in [1.82, 2.24) is 14.8 Å². The lowest BCUT2D eigenvalue weighted by molar-refractivity contribution is -0.114. The summed E-state index contributed by atoms with van der Waals surface area (Å²) in [5.41, 5.74) is 1.98. The Morgan fingerprint density at radius 1 is 1.33 bits per heavy atom. The van der Waals surface area contributed by atoms with Crippen LogP contribution in [0.5, 0.6) is 5.75 Å². The number of carbonyl (C=O) groups excluding carboxylic acids is 1. The number of aryl methyl sites for hydroxylation is 1. The van der Waals surface area contributed by atoms with E-state index in [2.05, 4.69) is 10.2 Å². The number of thiophene rings is 1. The number of hydrogen-bond acceptors (Lipinski definition) is 6. The minimum Gasteiger partial charge on any atom is -0.495 e. The molecule has 0 amide bonds. The summed E-state index contributed by atoms with van der Waals surface area (Å²) >= 11 is 2.98. The van der Waals surface area contributed by atoms with Crippen LogP contribution >= 0.6 is 23.1 Å². The van der Waals surface area contributed by atoms with Gasteiger partial charge in [-0.3, -0.25) is 9.36 Å². The molecule has 2 heterocycles. The van der Waals surface area contributed by atoms with Crippen LogP contribution in [0.15, 0.2) is 40.9 Å². The average Bonchev–Trinajstić information content (AvgIpc) is 3.21. The third kappa shape index (κ3) is 3.37. The van der Waals surface area contributed by atoms with Crippen LogP contribution in [0.4, 0.5) is 0 Å². The number of benzene rings is 1. The Morgan fingerprint density at radius 2 is 2.17 bits per heavy atom. The van der Waals surface area contributed by atoms with Crippen molar-refractivity contribution in [2.45, 2.75) is 19.0 Å². The SMILES string of the molecule is COc1ccc(C)cc1-n1c(SCC(C)=O)nnc1-c1cccs1. The molecule has 7 heteroatoms. The summed E-state index contributed by atoms with van der Waals surface area (Å²) in [5, 5.41) is 11.3. The topological polar surface area (TPSA) is 57.0 Å². The predicted octanol–water partition coefficient (Wildman–Crippen LogP) is 3.99. The van der Waals surface area contributed by atoms with Crippen molar-refractivity contribution in [3.8, 4) is 22.1 Å². The number of thioether (sulfide) groups is 1. The summed E-state index contributed by atoms with van der Waals surface area (Å²) in [6, 6.07) is 9.96. The Balaban J connectivity index is 2.18. The number of nitrogens with zero attached hydrogens (tertiary/aromatic N) is 3. The predicted molar refractivity (Wildman–Crippen MR) is 97.4 cm³/mol. The second-order valence-electron chi connectivity index (χ2n) is 5.28. The molecule has 5 nitrogen and oxygen atoms in total. The fourth-order valence-electron chi connectivity index (χ4n) is 2.29. The highest BCUT2D eigenvalue weighted by atomic mass is 32.2. The number of ether oxygens (including phenoxy) is 1. The molecule has 0 saturated carbocycles. The lowest BCUT2D eigenvalue weighted by atomic mass is 10.2.